The van der Waals surface area contributed by atoms with E-state index in [-0.39, 0.29) is 23.0 Å². The van der Waals surface area contributed by atoms with Gasteiger partial charge in [-0.05, 0) is 43.5 Å². The SMILES string of the molecule is CCCCCCCCOc1cc(O)ccc1Oc1cc(O)c(Oc2ccc(O)cc2OCCCCCCCC)c(OCCCCCCCC)c1. The van der Waals surface area contributed by atoms with Gasteiger partial charge in [0.1, 0.15) is 17.2 Å². The number of ether oxygens (including phenoxy) is 5. The molecular formula is C42H62O8. The van der Waals surface area contributed by atoms with Crippen LogP contribution in [0.5, 0.6) is 57.5 Å². The maximum atomic E-state index is 11.3. The van der Waals surface area contributed by atoms with E-state index in [9.17, 15) is 15.3 Å². The molecule has 0 unspecified atom stereocenters. The van der Waals surface area contributed by atoms with Gasteiger partial charge in [0, 0.05) is 24.3 Å². The first-order chi connectivity index (χ1) is 24.4. The number of unbranched alkanes of at least 4 members (excludes halogenated alkanes) is 15. The standard InChI is InChI=1S/C42H62O8/c1-4-7-10-13-16-19-26-46-39-29-33(43)22-24-37(39)49-35-31-36(45)42(41(32-35)48-28-21-18-15-12-9-6-3)50-38-25-23-34(44)30-40(38)47-27-20-17-14-11-8-5-2/h22-25,29-32,43-45H,4-21,26-28H2,1-3H3. The molecule has 0 saturated heterocycles. The molecule has 3 aromatic rings. The lowest BCUT2D eigenvalue weighted by Crippen LogP contribution is -2.02. The van der Waals surface area contributed by atoms with Crippen molar-refractivity contribution in [2.24, 2.45) is 0 Å². The van der Waals surface area contributed by atoms with Crippen LogP contribution in [0.2, 0.25) is 0 Å². The van der Waals surface area contributed by atoms with E-state index in [0.717, 1.165) is 44.9 Å². The summed E-state index contributed by atoms with van der Waals surface area (Å²) in [6.07, 6.45) is 20.3. The number of aromatic hydroxyl groups is 3. The van der Waals surface area contributed by atoms with E-state index in [1.807, 2.05) is 0 Å². The van der Waals surface area contributed by atoms with E-state index < -0.39 is 0 Å². The van der Waals surface area contributed by atoms with Gasteiger partial charge >= 0.3 is 0 Å². The molecule has 8 nitrogen and oxygen atoms in total. The van der Waals surface area contributed by atoms with E-state index in [2.05, 4.69) is 20.8 Å². The molecule has 0 fully saturated rings. The summed E-state index contributed by atoms with van der Waals surface area (Å²) in [5.74, 6) is 2.30. The van der Waals surface area contributed by atoms with Crippen molar-refractivity contribution in [3.8, 4) is 57.5 Å². The van der Waals surface area contributed by atoms with E-state index >= 15 is 0 Å². The summed E-state index contributed by atoms with van der Waals surface area (Å²) in [5, 5.41) is 31.7. The van der Waals surface area contributed by atoms with Crippen molar-refractivity contribution in [2.45, 2.75) is 136 Å². The zero-order valence-electron chi connectivity index (χ0n) is 30.9. The van der Waals surface area contributed by atoms with Gasteiger partial charge in [0.05, 0.1) is 19.8 Å². The third kappa shape index (κ3) is 15.3. The second kappa shape index (κ2) is 24.2. The van der Waals surface area contributed by atoms with Gasteiger partial charge in [0.15, 0.2) is 34.5 Å². The Morgan fingerprint density at radius 1 is 0.400 bits per heavy atom. The highest BCUT2D eigenvalue weighted by atomic mass is 16.5. The maximum Gasteiger partial charge on any atom is 0.211 e. The topological polar surface area (TPSA) is 107 Å². The van der Waals surface area contributed by atoms with Crippen molar-refractivity contribution >= 4 is 0 Å². The summed E-state index contributed by atoms with van der Waals surface area (Å²) >= 11 is 0. The zero-order chi connectivity index (χ0) is 35.8. The van der Waals surface area contributed by atoms with Crippen LogP contribution in [0.4, 0.5) is 0 Å². The molecule has 3 N–H and O–H groups in total. The fourth-order valence-electron chi connectivity index (χ4n) is 5.65. The average Bonchev–Trinajstić information content (AvgIpc) is 3.10. The number of rotatable bonds is 28. The van der Waals surface area contributed by atoms with E-state index in [1.54, 1.807) is 18.2 Å². The van der Waals surface area contributed by atoms with Crippen molar-refractivity contribution in [3.63, 3.8) is 0 Å². The van der Waals surface area contributed by atoms with Crippen LogP contribution >= 0.6 is 0 Å². The second-order valence-electron chi connectivity index (χ2n) is 13.1. The highest BCUT2D eigenvalue weighted by molar-refractivity contribution is 5.59. The summed E-state index contributed by atoms with van der Waals surface area (Å²) in [6, 6.07) is 12.5. The van der Waals surface area contributed by atoms with Gasteiger partial charge in [0.25, 0.3) is 0 Å². The lowest BCUT2D eigenvalue weighted by atomic mass is 10.1. The maximum absolute atomic E-state index is 11.3. The van der Waals surface area contributed by atoms with Crippen LogP contribution in [0, 0.1) is 0 Å². The Kier molecular flexibility index (Phi) is 19.6. The van der Waals surface area contributed by atoms with Crippen molar-refractivity contribution in [1.82, 2.24) is 0 Å². The zero-order valence-corrected chi connectivity index (χ0v) is 30.9. The summed E-state index contributed by atoms with van der Waals surface area (Å²) < 4.78 is 30.8. The Morgan fingerprint density at radius 3 is 1.26 bits per heavy atom. The van der Waals surface area contributed by atoms with E-state index in [1.165, 1.54) is 101 Å². The molecule has 0 aliphatic heterocycles. The fraction of sp³-hybridized carbons (Fsp3) is 0.571. The Labute approximate surface area is 300 Å². The summed E-state index contributed by atoms with van der Waals surface area (Å²) in [6.45, 7) is 8.04. The molecular weight excluding hydrogens is 632 g/mol. The molecule has 0 amide bonds. The van der Waals surface area contributed by atoms with Crippen molar-refractivity contribution in [3.05, 3.63) is 48.5 Å². The quantitative estimate of drug-likeness (QED) is 0.0645. The molecule has 8 heteroatoms. The van der Waals surface area contributed by atoms with Crippen LogP contribution in [0.3, 0.4) is 0 Å². The van der Waals surface area contributed by atoms with Crippen LogP contribution in [0.25, 0.3) is 0 Å². The molecule has 3 rings (SSSR count). The van der Waals surface area contributed by atoms with Crippen LogP contribution < -0.4 is 23.7 Å². The summed E-state index contributed by atoms with van der Waals surface area (Å²) in [5.41, 5.74) is 0. The minimum absolute atomic E-state index is 0.0613. The molecule has 0 bridgehead atoms. The van der Waals surface area contributed by atoms with Crippen molar-refractivity contribution in [2.75, 3.05) is 19.8 Å². The van der Waals surface area contributed by atoms with Crippen LogP contribution in [-0.4, -0.2) is 35.1 Å². The summed E-state index contributed by atoms with van der Waals surface area (Å²) in [4.78, 5) is 0. The number of benzene rings is 3. The first-order valence-corrected chi connectivity index (χ1v) is 19.2. The van der Waals surface area contributed by atoms with Gasteiger partial charge in [-0.1, -0.05) is 117 Å². The average molecular weight is 695 g/mol. The number of hydrogen-bond acceptors (Lipinski definition) is 8. The number of hydrogen-bond donors (Lipinski definition) is 3. The Morgan fingerprint density at radius 2 is 0.800 bits per heavy atom. The number of phenolic OH excluding ortho intramolecular Hbond substituents is 3. The van der Waals surface area contributed by atoms with Crippen molar-refractivity contribution < 1.29 is 39.0 Å². The summed E-state index contributed by atoms with van der Waals surface area (Å²) in [7, 11) is 0. The minimum Gasteiger partial charge on any atom is -0.508 e. The molecule has 3 aromatic carbocycles. The Hall–Kier alpha value is -3.94. The third-order valence-corrected chi connectivity index (χ3v) is 8.57. The van der Waals surface area contributed by atoms with Gasteiger partial charge < -0.3 is 39.0 Å². The number of phenols is 3. The molecule has 50 heavy (non-hydrogen) atoms. The molecule has 0 aliphatic rings. The molecule has 0 radical (unpaired) electrons. The molecule has 0 saturated carbocycles. The van der Waals surface area contributed by atoms with Gasteiger partial charge in [-0.15, -0.1) is 0 Å². The predicted octanol–water partition coefficient (Wildman–Crippen LogP) is 12.6. The minimum atomic E-state index is -0.177. The highest BCUT2D eigenvalue weighted by Crippen LogP contribution is 2.47. The van der Waals surface area contributed by atoms with E-state index in [0.29, 0.717) is 54.3 Å². The molecule has 0 aliphatic carbocycles. The molecule has 278 valence electrons. The molecule has 0 atom stereocenters. The molecule has 0 heterocycles. The van der Waals surface area contributed by atoms with Gasteiger partial charge in [-0.25, -0.2) is 0 Å². The van der Waals surface area contributed by atoms with E-state index in [4.69, 9.17) is 23.7 Å². The smallest absolute Gasteiger partial charge is 0.211 e. The predicted molar refractivity (Wildman–Crippen MR) is 201 cm³/mol. The first-order valence-electron chi connectivity index (χ1n) is 19.2. The third-order valence-electron chi connectivity index (χ3n) is 8.57. The molecule has 0 spiro atoms. The second-order valence-corrected chi connectivity index (χ2v) is 13.1. The normalized spacial score (nSPS) is 11.0. The largest absolute Gasteiger partial charge is 0.508 e. The Balaban J connectivity index is 1.77. The van der Waals surface area contributed by atoms with Gasteiger partial charge in [0.2, 0.25) is 5.75 Å². The first kappa shape index (κ1) is 40.5. The van der Waals surface area contributed by atoms with Crippen LogP contribution in [-0.2, 0) is 0 Å². The Bertz CT molecular complexity index is 1360. The fourth-order valence-corrected chi connectivity index (χ4v) is 5.65. The van der Waals surface area contributed by atoms with Crippen LogP contribution in [0.1, 0.15) is 136 Å². The lowest BCUT2D eigenvalue weighted by Gasteiger charge is -2.18. The van der Waals surface area contributed by atoms with Gasteiger partial charge in [-0.2, -0.15) is 0 Å². The van der Waals surface area contributed by atoms with Crippen molar-refractivity contribution in [1.29, 1.82) is 0 Å². The highest BCUT2D eigenvalue weighted by Gasteiger charge is 2.20. The monoisotopic (exact) mass is 694 g/mol. The lowest BCUT2D eigenvalue weighted by molar-refractivity contribution is 0.271. The van der Waals surface area contributed by atoms with Gasteiger partial charge in [-0.3, -0.25) is 0 Å². The molecule has 0 aromatic heterocycles. The van der Waals surface area contributed by atoms with Crippen LogP contribution in [0.15, 0.2) is 48.5 Å².